The number of aryl methyl sites for hydroxylation is 1. The lowest BCUT2D eigenvalue weighted by atomic mass is 9.49. The van der Waals surface area contributed by atoms with Gasteiger partial charge in [-0.05, 0) is 83.2 Å². The van der Waals surface area contributed by atoms with Gasteiger partial charge in [-0.2, -0.15) is 0 Å². The van der Waals surface area contributed by atoms with Crippen molar-refractivity contribution in [3.63, 3.8) is 0 Å². The maximum Gasteiger partial charge on any atom is 0.251 e. The zero-order chi connectivity index (χ0) is 21.5. The minimum Gasteiger partial charge on any atom is -0.508 e. The number of fused-ring (bicyclic) bond motifs is 3. The summed E-state index contributed by atoms with van der Waals surface area (Å²) in [6.45, 7) is 9.73. The highest BCUT2D eigenvalue weighted by Gasteiger charge is 2.51. The highest BCUT2D eigenvalue weighted by atomic mass is 16.3. The van der Waals surface area contributed by atoms with Gasteiger partial charge in [-0.25, -0.2) is 0 Å². The second-order valence-corrected chi connectivity index (χ2v) is 10.3. The first-order valence-corrected chi connectivity index (χ1v) is 11.4. The summed E-state index contributed by atoms with van der Waals surface area (Å²) >= 11 is 0. The number of nitrogens with one attached hydrogen (secondary N) is 1. The summed E-state index contributed by atoms with van der Waals surface area (Å²) in [7, 11) is 0. The summed E-state index contributed by atoms with van der Waals surface area (Å²) in [6, 6.07) is 13.8. The van der Waals surface area contributed by atoms with E-state index in [1.54, 1.807) is 0 Å². The lowest BCUT2D eigenvalue weighted by Crippen LogP contribution is -2.53. The number of hydrogen-bond acceptors (Lipinski definition) is 2. The molecule has 0 saturated heterocycles. The standard InChI is InChI=1S/C27H35NO2/c1-18(2)21-15-20-11-12-24-26(3,17-28-25(30)19-9-6-5-7-10-19)13-8-14-27(24,4)22(20)16-23(21)29/h5-7,9-10,15-16,18,24,29H,8,11-14,17H2,1-4H3,(H,28,30)/t24-,26-,27+/m0/s1. The maximum atomic E-state index is 12.7. The lowest BCUT2D eigenvalue weighted by Gasteiger charge is -2.55. The molecule has 4 rings (SSSR count). The van der Waals surface area contributed by atoms with Crippen LogP contribution in [0.1, 0.15) is 86.3 Å². The average Bonchev–Trinajstić information content (AvgIpc) is 2.72. The molecule has 2 aromatic rings. The molecule has 0 heterocycles. The maximum absolute atomic E-state index is 12.7. The van der Waals surface area contributed by atoms with Crippen LogP contribution in [0.25, 0.3) is 0 Å². The third-order valence-electron chi connectivity index (χ3n) is 7.94. The van der Waals surface area contributed by atoms with Crippen molar-refractivity contribution < 1.29 is 9.90 Å². The fourth-order valence-corrected chi connectivity index (χ4v) is 6.30. The minimum atomic E-state index is 0.0135. The van der Waals surface area contributed by atoms with Crippen molar-refractivity contribution in [2.24, 2.45) is 11.3 Å². The van der Waals surface area contributed by atoms with Gasteiger partial charge in [-0.1, -0.05) is 58.4 Å². The SMILES string of the molecule is CC(C)c1cc2c(cc1O)[C@@]1(C)CCC[C@@](C)(CNC(=O)c3ccccc3)[C@@H]1CC2. The van der Waals surface area contributed by atoms with Crippen molar-refractivity contribution >= 4 is 5.91 Å². The van der Waals surface area contributed by atoms with Crippen LogP contribution in [0.2, 0.25) is 0 Å². The third-order valence-corrected chi connectivity index (χ3v) is 7.94. The Balaban J connectivity index is 1.60. The minimum absolute atomic E-state index is 0.0135. The molecule has 0 radical (unpaired) electrons. The summed E-state index contributed by atoms with van der Waals surface area (Å²) in [6.07, 6.45) is 5.62. The van der Waals surface area contributed by atoms with Crippen LogP contribution in [0.15, 0.2) is 42.5 Å². The Kier molecular flexibility index (Phi) is 5.42. The van der Waals surface area contributed by atoms with Gasteiger partial charge in [0.1, 0.15) is 5.75 Å². The zero-order valence-corrected chi connectivity index (χ0v) is 18.8. The Labute approximate surface area is 180 Å². The number of phenols is 1. The van der Waals surface area contributed by atoms with Crippen molar-refractivity contribution in [3.05, 3.63) is 64.7 Å². The molecule has 0 aliphatic heterocycles. The van der Waals surface area contributed by atoms with Crippen LogP contribution in [-0.4, -0.2) is 17.6 Å². The molecule has 1 fully saturated rings. The smallest absolute Gasteiger partial charge is 0.251 e. The molecule has 2 aromatic carbocycles. The van der Waals surface area contributed by atoms with Gasteiger partial charge in [0.25, 0.3) is 5.91 Å². The second-order valence-electron chi connectivity index (χ2n) is 10.3. The Morgan fingerprint density at radius 3 is 2.60 bits per heavy atom. The number of phenolic OH excluding ortho intramolecular Hbond substituents is 1. The summed E-state index contributed by atoms with van der Waals surface area (Å²) in [5, 5.41) is 13.9. The molecule has 3 heteroatoms. The van der Waals surface area contributed by atoms with Crippen LogP contribution in [0.3, 0.4) is 0 Å². The van der Waals surface area contributed by atoms with Gasteiger partial charge in [0.2, 0.25) is 0 Å². The van der Waals surface area contributed by atoms with E-state index < -0.39 is 0 Å². The van der Waals surface area contributed by atoms with Gasteiger partial charge < -0.3 is 10.4 Å². The van der Waals surface area contributed by atoms with E-state index in [0.29, 0.717) is 24.1 Å². The van der Waals surface area contributed by atoms with Gasteiger partial charge in [-0.15, -0.1) is 0 Å². The van der Waals surface area contributed by atoms with E-state index in [4.69, 9.17) is 0 Å². The molecule has 2 N–H and O–H groups in total. The van der Waals surface area contributed by atoms with E-state index in [1.807, 2.05) is 30.3 Å². The molecule has 3 atom stereocenters. The van der Waals surface area contributed by atoms with E-state index in [0.717, 1.165) is 43.2 Å². The molecule has 0 spiro atoms. The van der Waals surface area contributed by atoms with Crippen LogP contribution >= 0.6 is 0 Å². The molecule has 30 heavy (non-hydrogen) atoms. The summed E-state index contributed by atoms with van der Waals surface area (Å²) in [5.74, 6) is 1.27. The van der Waals surface area contributed by atoms with Crippen molar-refractivity contribution in [3.8, 4) is 5.75 Å². The van der Waals surface area contributed by atoms with Crippen LogP contribution < -0.4 is 5.32 Å². The van der Waals surface area contributed by atoms with Crippen molar-refractivity contribution in [1.29, 1.82) is 0 Å². The summed E-state index contributed by atoms with van der Waals surface area (Å²) in [5.41, 5.74) is 4.63. The van der Waals surface area contributed by atoms with Crippen LogP contribution in [0.4, 0.5) is 0 Å². The quantitative estimate of drug-likeness (QED) is 0.660. The first-order valence-electron chi connectivity index (χ1n) is 11.4. The monoisotopic (exact) mass is 405 g/mol. The molecule has 0 bridgehead atoms. The van der Waals surface area contributed by atoms with Crippen molar-refractivity contribution in [2.75, 3.05) is 6.54 Å². The van der Waals surface area contributed by atoms with Gasteiger partial charge in [0.15, 0.2) is 0 Å². The summed E-state index contributed by atoms with van der Waals surface area (Å²) in [4.78, 5) is 12.7. The van der Waals surface area contributed by atoms with Crippen molar-refractivity contribution in [2.45, 2.75) is 71.1 Å². The van der Waals surface area contributed by atoms with Gasteiger partial charge in [0, 0.05) is 12.1 Å². The number of hydrogen-bond donors (Lipinski definition) is 2. The average molecular weight is 406 g/mol. The molecule has 3 nitrogen and oxygen atoms in total. The molecule has 0 unspecified atom stereocenters. The van der Waals surface area contributed by atoms with Crippen LogP contribution in [-0.2, 0) is 11.8 Å². The normalized spacial score (nSPS) is 28.0. The molecular formula is C27H35NO2. The Morgan fingerprint density at radius 1 is 1.17 bits per heavy atom. The van der Waals surface area contributed by atoms with E-state index in [9.17, 15) is 9.90 Å². The predicted molar refractivity (Wildman–Crippen MR) is 122 cm³/mol. The predicted octanol–water partition coefficient (Wildman–Crippen LogP) is 5.96. The highest BCUT2D eigenvalue weighted by Crippen LogP contribution is 2.57. The molecule has 1 amide bonds. The summed E-state index contributed by atoms with van der Waals surface area (Å²) < 4.78 is 0. The van der Waals surface area contributed by atoms with E-state index in [-0.39, 0.29) is 16.7 Å². The van der Waals surface area contributed by atoms with Gasteiger partial charge in [-0.3, -0.25) is 4.79 Å². The Hall–Kier alpha value is -2.29. The molecule has 0 aromatic heterocycles. The second kappa shape index (κ2) is 7.76. The molecular weight excluding hydrogens is 370 g/mol. The Morgan fingerprint density at radius 2 is 1.90 bits per heavy atom. The lowest BCUT2D eigenvalue weighted by molar-refractivity contribution is 0.0253. The number of carbonyl (C=O) groups excluding carboxylic acids is 1. The first-order chi connectivity index (χ1) is 14.2. The molecule has 2 aliphatic carbocycles. The molecule has 1 saturated carbocycles. The van der Waals surface area contributed by atoms with E-state index >= 15 is 0 Å². The van der Waals surface area contributed by atoms with Crippen LogP contribution in [0.5, 0.6) is 5.75 Å². The number of rotatable bonds is 4. The third kappa shape index (κ3) is 3.53. The highest BCUT2D eigenvalue weighted by molar-refractivity contribution is 5.94. The zero-order valence-electron chi connectivity index (χ0n) is 18.8. The van der Waals surface area contributed by atoms with Crippen molar-refractivity contribution in [1.82, 2.24) is 5.32 Å². The first kappa shape index (κ1) is 21.0. The molecule has 2 aliphatic rings. The largest absolute Gasteiger partial charge is 0.508 e. The van der Waals surface area contributed by atoms with Gasteiger partial charge >= 0.3 is 0 Å². The topological polar surface area (TPSA) is 49.3 Å². The van der Waals surface area contributed by atoms with Crippen LogP contribution in [0, 0.1) is 11.3 Å². The van der Waals surface area contributed by atoms with Gasteiger partial charge in [0.05, 0.1) is 0 Å². The van der Waals surface area contributed by atoms with E-state index in [2.05, 4.69) is 45.1 Å². The molecule has 160 valence electrons. The number of amides is 1. The fourth-order valence-electron chi connectivity index (χ4n) is 6.30. The van der Waals surface area contributed by atoms with E-state index in [1.165, 1.54) is 11.1 Å². The number of aromatic hydroxyl groups is 1. The fraction of sp³-hybridized carbons (Fsp3) is 0.519. The number of carbonyl (C=O) groups is 1. The number of benzene rings is 2. The Bertz CT molecular complexity index is 935.